The standard InChI is InChI=1S/C19H22BrN3O3/c1-23-11-14(20)10-17(23)19(25)22-21-18(24)9-13-5-3-4-12-8-15(26-2)6-7-16(12)13/h6-8,10-11,13H,3-5,9H2,1-2H3,(H,21,24)(H,22,25). The van der Waals surface area contributed by atoms with Crippen LogP contribution in [-0.4, -0.2) is 23.5 Å². The van der Waals surface area contributed by atoms with Gasteiger partial charge in [-0.3, -0.25) is 20.4 Å². The number of nitrogens with one attached hydrogen (secondary N) is 2. The molecule has 2 amide bonds. The van der Waals surface area contributed by atoms with Crippen molar-refractivity contribution in [2.45, 2.75) is 31.6 Å². The van der Waals surface area contributed by atoms with Gasteiger partial charge in [-0.05, 0) is 70.4 Å². The van der Waals surface area contributed by atoms with Crippen LogP contribution >= 0.6 is 15.9 Å². The molecule has 1 aliphatic rings. The zero-order valence-corrected chi connectivity index (χ0v) is 16.4. The number of hydrazine groups is 1. The lowest BCUT2D eigenvalue weighted by Crippen LogP contribution is -2.42. The largest absolute Gasteiger partial charge is 0.497 e. The van der Waals surface area contributed by atoms with Gasteiger partial charge in [-0.1, -0.05) is 6.07 Å². The van der Waals surface area contributed by atoms with Gasteiger partial charge in [-0.25, -0.2) is 0 Å². The molecule has 2 aromatic rings. The smallest absolute Gasteiger partial charge is 0.286 e. The van der Waals surface area contributed by atoms with Crippen LogP contribution in [0.2, 0.25) is 0 Å². The normalized spacial score (nSPS) is 15.9. The molecule has 1 atom stereocenters. The van der Waals surface area contributed by atoms with Gasteiger partial charge in [0.2, 0.25) is 5.91 Å². The monoisotopic (exact) mass is 419 g/mol. The summed E-state index contributed by atoms with van der Waals surface area (Å²) in [5.74, 6) is 0.459. The molecule has 7 heteroatoms. The predicted molar refractivity (Wildman–Crippen MR) is 102 cm³/mol. The van der Waals surface area contributed by atoms with E-state index in [-0.39, 0.29) is 17.7 Å². The number of halogens is 1. The number of hydrogen-bond acceptors (Lipinski definition) is 3. The van der Waals surface area contributed by atoms with E-state index in [2.05, 4.69) is 32.8 Å². The second-order valence-corrected chi connectivity index (χ2v) is 7.43. The summed E-state index contributed by atoms with van der Waals surface area (Å²) in [5, 5.41) is 0. The Labute approximate surface area is 161 Å². The maximum atomic E-state index is 12.3. The highest BCUT2D eigenvalue weighted by atomic mass is 79.9. The number of fused-ring (bicyclic) bond motifs is 1. The van der Waals surface area contributed by atoms with E-state index in [1.54, 1.807) is 31.0 Å². The van der Waals surface area contributed by atoms with Gasteiger partial charge >= 0.3 is 0 Å². The fraction of sp³-hybridized carbons (Fsp3) is 0.368. The molecule has 1 aromatic heterocycles. The Balaban J connectivity index is 1.59. The number of nitrogens with zero attached hydrogens (tertiary/aromatic N) is 1. The van der Waals surface area contributed by atoms with Crippen molar-refractivity contribution in [3.8, 4) is 5.75 Å². The maximum Gasteiger partial charge on any atom is 0.286 e. The number of aryl methyl sites for hydroxylation is 2. The average molecular weight is 420 g/mol. The summed E-state index contributed by atoms with van der Waals surface area (Å²) < 4.78 is 7.78. The number of amides is 2. The molecule has 1 aromatic carbocycles. The lowest BCUT2D eigenvalue weighted by Gasteiger charge is -2.25. The molecule has 2 N–H and O–H groups in total. The van der Waals surface area contributed by atoms with Crippen molar-refractivity contribution < 1.29 is 14.3 Å². The first-order valence-electron chi connectivity index (χ1n) is 8.55. The summed E-state index contributed by atoms with van der Waals surface area (Å²) in [6.07, 6.45) is 5.14. The van der Waals surface area contributed by atoms with Crippen LogP contribution in [0.5, 0.6) is 5.75 Å². The Bertz CT molecular complexity index is 831. The molecule has 1 heterocycles. The Morgan fingerprint density at radius 3 is 2.81 bits per heavy atom. The molecule has 1 aliphatic carbocycles. The van der Waals surface area contributed by atoms with E-state index in [4.69, 9.17) is 4.74 Å². The van der Waals surface area contributed by atoms with Crippen LogP contribution in [0.15, 0.2) is 34.9 Å². The predicted octanol–water partition coefficient (Wildman–Crippen LogP) is 3.07. The summed E-state index contributed by atoms with van der Waals surface area (Å²) in [6, 6.07) is 7.73. The summed E-state index contributed by atoms with van der Waals surface area (Å²) in [5.41, 5.74) is 7.92. The number of rotatable bonds is 4. The molecule has 26 heavy (non-hydrogen) atoms. The van der Waals surface area contributed by atoms with Crippen LogP contribution in [0.4, 0.5) is 0 Å². The average Bonchev–Trinajstić information content (AvgIpc) is 2.97. The third kappa shape index (κ3) is 4.09. The highest BCUT2D eigenvalue weighted by Gasteiger charge is 2.23. The van der Waals surface area contributed by atoms with Crippen LogP contribution in [0.3, 0.4) is 0 Å². The van der Waals surface area contributed by atoms with E-state index in [9.17, 15) is 9.59 Å². The Kier molecular flexibility index (Phi) is 5.66. The van der Waals surface area contributed by atoms with E-state index >= 15 is 0 Å². The van der Waals surface area contributed by atoms with Gasteiger partial charge in [-0.15, -0.1) is 0 Å². The van der Waals surface area contributed by atoms with E-state index in [0.717, 1.165) is 29.5 Å². The van der Waals surface area contributed by atoms with Crippen molar-refractivity contribution in [1.82, 2.24) is 15.4 Å². The molecule has 0 saturated carbocycles. The molecule has 138 valence electrons. The molecule has 0 spiro atoms. The van der Waals surface area contributed by atoms with Crippen LogP contribution in [0.25, 0.3) is 0 Å². The van der Waals surface area contributed by atoms with Crippen LogP contribution in [0, 0.1) is 0 Å². The van der Waals surface area contributed by atoms with Crippen LogP contribution in [-0.2, 0) is 18.3 Å². The highest BCUT2D eigenvalue weighted by molar-refractivity contribution is 9.10. The zero-order chi connectivity index (χ0) is 18.7. The number of methoxy groups -OCH3 is 1. The number of hydrogen-bond donors (Lipinski definition) is 2. The minimum Gasteiger partial charge on any atom is -0.497 e. The first kappa shape index (κ1) is 18.5. The lowest BCUT2D eigenvalue weighted by molar-refractivity contribution is -0.122. The lowest BCUT2D eigenvalue weighted by atomic mass is 9.81. The molecule has 0 fully saturated rings. The third-order valence-corrected chi connectivity index (χ3v) is 5.17. The van der Waals surface area contributed by atoms with Crippen molar-refractivity contribution >= 4 is 27.7 Å². The van der Waals surface area contributed by atoms with Gasteiger partial charge < -0.3 is 9.30 Å². The van der Waals surface area contributed by atoms with E-state index in [1.165, 1.54) is 11.1 Å². The van der Waals surface area contributed by atoms with E-state index < -0.39 is 0 Å². The second kappa shape index (κ2) is 7.95. The summed E-state index contributed by atoms with van der Waals surface area (Å²) in [4.78, 5) is 24.5. The zero-order valence-electron chi connectivity index (χ0n) is 14.8. The number of benzene rings is 1. The fourth-order valence-corrected chi connectivity index (χ4v) is 3.97. The van der Waals surface area contributed by atoms with Crippen molar-refractivity contribution in [3.05, 3.63) is 51.8 Å². The fourth-order valence-electron chi connectivity index (χ4n) is 3.45. The van der Waals surface area contributed by atoms with Crippen molar-refractivity contribution in [2.75, 3.05) is 7.11 Å². The Hall–Kier alpha value is -2.28. The van der Waals surface area contributed by atoms with Crippen molar-refractivity contribution in [3.63, 3.8) is 0 Å². The summed E-state index contributed by atoms with van der Waals surface area (Å²) in [6.45, 7) is 0. The Morgan fingerprint density at radius 1 is 1.31 bits per heavy atom. The van der Waals surface area contributed by atoms with Crippen LogP contribution in [0.1, 0.15) is 46.8 Å². The van der Waals surface area contributed by atoms with Gasteiger partial charge in [0.15, 0.2) is 0 Å². The first-order valence-corrected chi connectivity index (χ1v) is 9.35. The number of carbonyl (C=O) groups excluding carboxylic acids is 2. The molecule has 6 nitrogen and oxygen atoms in total. The molecule has 3 rings (SSSR count). The van der Waals surface area contributed by atoms with E-state index in [0.29, 0.717) is 12.1 Å². The number of ether oxygens (including phenoxy) is 1. The minimum absolute atomic E-state index is 0.158. The first-order chi connectivity index (χ1) is 12.5. The topological polar surface area (TPSA) is 72.4 Å². The summed E-state index contributed by atoms with van der Waals surface area (Å²) in [7, 11) is 3.43. The van der Waals surface area contributed by atoms with E-state index in [1.807, 2.05) is 12.1 Å². The third-order valence-electron chi connectivity index (χ3n) is 4.74. The van der Waals surface area contributed by atoms with Gasteiger partial charge in [0, 0.05) is 24.1 Å². The number of carbonyl (C=O) groups is 2. The van der Waals surface area contributed by atoms with Gasteiger partial charge in [-0.2, -0.15) is 0 Å². The van der Waals surface area contributed by atoms with Gasteiger partial charge in [0.1, 0.15) is 11.4 Å². The quantitative estimate of drug-likeness (QED) is 0.747. The SMILES string of the molecule is COc1ccc2c(c1)CCCC2CC(=O)NNC(=O)c1cc(Br)cn1C. The minimum atomic E-state index is -0.347. The molecule has 1 unspecified atom stereocenters. The Morgan fingerprint density at radius 2 is 2.12 bits per heavy atom. The molecular formula is C19H22BrN3O3. The molecule has 0 radical (unpaired) electrons. The van der Waals surface area contributed by atoms with Gasteiger partial charge in [0.25, 0.3) is 5.91 Å². The molecular weight excluding hydrogens is 398 g/mol. The van der Waals surface area contributed by atoms with Crippen LogP contribution < -0.4 is 15.6 Å². The molecule has 0 bridgehead atoms. The van der Waals surface area contributed by atoms with Gasteiger partial charge in [0.05, 0.1) is 7.11 Å². The highest BCUT2D eigenvalue weighted by Crippen LogP contribution is 2.35. The number of aromatic nitrogens is 1. The maximum absolute atomic E-state index is 12.3. The van der Waals surface area contributed by atoms with Crippen molar-refractivity contribution in [1.29, 1.82) is 0 Å². The second-order valence-electron chi connectivity index (χ2n) is 6.51. The van der Waals surface area contributed by atoms with Crippen molar-refractivity contribution in [2.24, 2.45) is 7.05 Å². The molecule has 0 saturated heterocycles. The molecule has 0 aliphatic heterocycles. The summed E-state index contributed by atoms with van der Waals surface area (Å²) >= 11 is 3.33.